The first kappa shape index (κ1) is 13.1. The topological polar surface area (TPSA) is 56.3 Å². The molecule has 0 aliphatic carbocycles. The molecule has 0 atom stereocenters. The van der Waals surface area contributed by atoms with Crippen molar-refractivity contribution in [3.05, 3.63) is 40.4 Å². The van der Waals surface area contributed by atoms with Crippen LogP contribution in [0.4, 0.5) is 5.69 Å². The molecule has 0 spiro atoms. The maximum atomic E-state index is 5.43. The molecule has 2 heterocycles. The standard InChI is InChI=1S/C14H10BrN3O2Se/c15-9-4-8(5-12-14(9)20-7-19-12)6-16-10-2-1-3-11-13(10)18-21-17-11/h1-5,16H,6-7H2. The fourth-order valence-corrected chi connectivity index (χ4v) is 4.03. The predicted octanol–water partition coefficient (Wildman–Crippen LogP) is 2.79. The molecule has 0 saturated carbocycles. The number of ether oxygens (including phenoxy) is 2. The summed E-state index contributed by atoms with van der Waals surface area (Å²) in [6.45, 7) is 0.966. The van der Waals surface area contributed by atoms with Gasteiger partial charge in [0.15, 0.2) is 0 Å². The summed E-state index contributed by atoms with van der Waals surface area (Å²) in [6.07, 6.45) is 0. The summed E-state index contributed by atoms with van der Waals surface area (Å²) in [5.41, 5.74) is 4.08. The predicted molar refractivity (Wildman–Crippen MR) is 84.1 cm³/mol. The Balaban J connectivity index is 1.60. The fraction of sp³-hybridized carbons (Fsp3) is 0.143. The van der Waals surface area contributed by atoms with E-state index in [0.717, 1.165) is 38.3 Å². The van der Waals surface area contributed by atoms with Crippen molar-refractivity contribution in [1.29, 1.82) is 0 Å². The summed E-state index contributed by atoms with van der Waals surface area (Å²) in [5.74, 6) is 1.55. The number of nitrogens with zero attached hydrogens (tertiary/aromatic N) is 2. The zero-order valence-electron chi connectivity index (χ0n) is 10.8. The summed E-state index contributed by atoms with van der Waals surface area (Å²) in [6, 6.07) is 10.1. The second-order valence-electron chi connectivity index (χ2n) is 4.60. The number of nitrogens with one attached hydrogen (secondary N) is 1. The SMILES string of the molecule is Brc1cc(CNc2cccc3n[se]nc23)cc2c1OCO2. The molecule has 5 nitrogen and oxygen atoms in total. The van der Waals surface area contributed by atoms with Crippen LogP contribution in [0.3, 0.4) is 0 Å². The van der Waals surface area contributed by atoms with Crippen molar-refractivity contribution in [3.63, 3.8) is 0 Å². The van der Waals surface area contributed by atoms with E-state index in [2.05, 4.69) is 29.2 Å². The molecule has 7 heteroatoms. The molecule has 0 unspecified atom stereocenters. The second-order valence-corrected chi connectivity index (χ2v) is 6.57. The van der Waals surface area contributed by atoms with E-state index in [1.165, 1.54) is 0 Å². The zero-order valence-corrected chi connectivity index (χ0v) is 14.1. The van der Waals surface area contributed by atoms with E-state index < -0.39 is 0 Å². The van der Waals surface area contributed by atoms with Gasteiger partial charge in [-0.2, -0.15) is 0 Å². The first-order valence-electron chi connectivity index (χ1n) is 6.34. The van der Waals surface area contributed by atoms with E-state index in [0.29, 0.717) is 6.54 Å². The Morgan fingerprint density at radius 1 is 1.24 bits per heavy atom. The van der Waals surface area contributed by atoms with Gasteiger partial charge in [0.05, 0.1) is 0 Å². The average molecular weight is 411 g/mol. The van der Waals surface area contributed by atoms with Gasteiger partial charge < -0.3 is 0 Å². The number of aromatic nitrogens is 2. The number of benzene rings is 2. The normalized spacial score (nSPS) is 12.8. The summed E-state index contributed by atoms with van der Waals surface area (Å²) < 4.78 is 20.6. The van der Waals surface area contributed by atoms with E-state index in [-0.39, 0.29) is 21.8 Å². The van der Waals surface area contributed by atoms with Crippen molar-refractivity contribution in [3.8, 4) is 11.5 Å². The van der Waals surface area contributed by atoms with Crippen LogP contribution >= 0.6 is 15.9 Å². The van der Waals surface area contributed by atoms with Gasteiger partial charge in [0.2, 0.25) is 0 Å². The van der Waals surface area contributed by atoms with E-state index in [4.69, 9.17) is 9.47 Å². The molecule has 3 aromatic rings. The third-order valence-electron chi connectivity index (χ3n) is 3.26. The Bertz CT molecular complexity index is 821. The maximum absolute atomic E-state index is 5.43. The Labute approximate surface area is 135 Å². The van der Waals surface area contributed by atoms with Gasteiger partial charge in [-0.15, -0.1) is 0 Å². The average Bonchev–Trinajstić information content (AvgIpc) is 3.13. The van der Waals surface area contributed by atoms with Crippen LogP contribution in [0.5, 0.6) is 11.5 Å². The van der Waals surface area contributed by atoms with Crippen LogP contribution in [0.2, 0.25) is 0 Å². The fourth-order valence-electron chi connectivity index (χ4n) is 2.27. The first-order chi connectivity index (χ1) is 10.3. The van der Waals surface area contributed by atoms with Crippen molar-refractivity contribution < 1.29 is 9.47 Å². The molecule has 1 aromatic heterocycles. The summed E-state index contributed by atoms with van der Waals surface area (Å²) >= 11 is 3.50. The Morgan fingerprint density at radius 3 is 3.14 bits per heavy atom. The molecule has 1 aliphatic rings. The van der Waals surface area contributed by atoms with Gasteiger partial charge in [-0.25, -0.2) is 0 Å². The summed E-state index contributed by atoms with van der Waals surface area (Å²) in [7, 11) is 0. The van der Waals surface area contributed by atoms with Crippen LogP contribution in [-0.2, 0) is 6.54 Å². The minimum absolute atomic E-state index is 0.0120. The Hall–Kier alpha value is -1.56. The molecular formula is C14H10BrN3O2Se. The molecule has 0 amide bonds. The van der Waals surface area contributed by atoms with Crippen LogP contribution in [0.25, 0.3) is 11.0 Å². The Morgan fingerprint density at radius 2 is 2.19 bits per heavy atom. The first-order valence-corrected chi connectivity index (χ1v) is 8.67. The molecule has 1 aliphatic heterocycles. The van der Waals surface area contributed by atoms with Crippen molar-refractivity contribution in [2.75, 3.05) is 12.1 Å². The monoisotopic (exact) mass is 411 g/mol. The van der Waals surface area contributed by atoms with Crippen LogP contribution < -0.4 is 14.8 Å². The van der Waals surface area contributed by atoms with E-state index in [9.17, 15) is 0 Å². The molecule has 2 aromatic carbocycles. The number of fused-ring (bicyclic) bond motifs is 2. The summed E-state index contributed by atoms with van der Waals surface area (Å²) in [4.78, 5) is 0. The van der Waals surface area contributed by atoms with Gasteiger partial charge in [-0.1, -0.05) is 0 Å². The quantitative estimate of drug-likeness (QED) is 0.672. The molecule has 1 N–H and O–H groups in total. The zero-order chi connectivity index (χ0) is 14.2. The van der Waals surface area contributed by atoms with Crippen LogP contribution in [0.1, 0.15) is 5.56 Å². The number of halogens is 1. The summed E-state index contributed by atoms with van der Waals surface area (Å²) in [5, 5.41) is 3.42. The van der Waals surface area contributed by atoms with Gasteiger partial charge in [0, 0.05) is 0 Å². The molecular weight excluding hydrogens is 401 g/mol. The van der Waals surface area contributed by atoms with Crippen LogP contribution in [0.15, 0.2) is 34.8 Å². The molecule has 0 radical (unpaired) electrons. The Kier molecular flexibility index (Phi) is 3.33. The third kappa shape index (κ3) is 2.41. The number of hydrogen-bond acceptors (Lipinski definition) is 5. The number of rotatable bonds is 3. The molecule has 106 valence electrons. The van der Waals surface area contributed by atoms with Gasteiger partial charge in [0.25, 0.3) is 0 Å². The van der Waals surface area contributed by atoms with Gasteiger partial charge in [0.1, 0.15) is 0 Å². The van der Waals surface area contributed by atoms with Crippen LogP contribution in [-0.4, -0.2) is 29.7 Å². The van der Waals surface area contributed by atoms with Gasteiger partial charge >= 0.3 is 136 Å². The van der Waals surface area contributed by atoms with Crippen molar-refractivity contribution >= 4 is 47.6 Å². The van der Waals surface area contributed by atoms with Gasteiger partial charge in [-0.3, -0.25) is 0 Å². The number of hydrogen-bond donors (Lipinski definition) is 1. The van der Waals surface area contributed by atoms with Gasteiger partial charge in [-0.05, 0) is 0 Å². The number of anilines is 1. The third-order valence-corrected chi connectivity index (χ3v) is 4.98. The molecule has 4 rings (SSSR count). The van der Waals surface area contributed by atoms with Crippen molar-refractivity contribution in [2.45, 2.75) is 6.54 Å². The minimum atomic E-state index is -0.0120. The molecule has 0 fully saturated rings. The van der Waals surface area contributed by atoms with E-state index >= 15 is 0 Å². The van der Waals surface area contributed by atoms with E-state index in [1.807, 2.05) is 30.3 Å². The second kappa shape index (κ2) is 5.33. The van der Waals surface area contributed by atoms with Crippen molar-refractivity contribution in [2.24, 2.45) is 0 Å². The van der Waals surface area contributed by atoms with E-state index in [1.54, 1.807) is 0 Å². The van der Waals surface area contributed by atoms with Crippen LogP contribution in [0, 0.1) is 0 Å². The van der Waals surface area contributed by atoms with Crippen molar-refractivity contribution in [1.82, 2.24) is 7.96 Å². The molecule has 0 bridgehead atoms. The molecule has 21 heavy (non-hydrogen) atoms. The molecule has 0 saturated heterocycles.